The number of nitrogen functional groups attached to an aromatic ring is 1. The van der Waals surface area contributed by atoms with Crippen molar-refractivity contribution >= 4 is 17.2 Å². The first-order chi connectivity index (χ1) is 8.13. The Hall–Kier alpha value is -2.09. The van der Waals surface area contributed by atoms with Crippen molar-refractivity contribution in [3.05, 3.63) is 17.5 Å². The highest BCUT2D eigenvalue weighted by molar-refractivity contribution is 5.98. The molecule has 0 aliphatic carbocycles. The van der Waals surface area contributed by atoms with Crippen molar-refractivity contribution in [2.24, 2.45) is 0 Å². The van der Waals surface area contributed by atoms with Crippen LogP contribution in [0.2, 0.25) is 0 Å². The molecule has 0 saturated carbocycles. The molecular weight excluding hydrogens is 216 g/mol. The molecule has 0 unspecified atom stereocenters. The second-order valence-corrected chi connectivity index (χ2v) is 4.16. The van der Waals surface area contributed by atoms with Crippen molar-refractivity contribution < 1.29 is 4.79 Å². The minimum absolute atomic E-state index is 0.123. The first kappa shape index (κ1) is 11.4. The van der Waals surface area contributed by atoms with Crippen molar-refractivity contribution in [2.45, 2.75) is 19.8 Å². The highest BCUT2D eigenvalue weighted by Gasteiger charge is 2.20. The smallest absolute Gasteiger partial charge is 0.180 e. The van der Waals surface area contributed by atoms with Crippen LogP contribution in [0, 0.1) is 11.3 Å². The molecule has 88 valence electrons. The summed E-state index contributed by atoms with van der Waals surface area (Å²) in [6.45, 7) is 3.28. The fraction of sp³-hybridized carbons (Fsp3) is 0.417. The Morgan fingerprint density at radius 3 is 2.71 bits per heavy atom. The number of nitrogens with two attached hydrogens (primary N) is 1. The van der Waals surface area contributed by atoms with Gasteiger partial charge >= 0.3 is 0 Å². The summed E-state index contributed by atoms with van der Waals surface area (Å²) in [6.07, 6.45) is 2.22. The predicted molar refractivity (Wildman–Crippen MR) is 64.8 cm³/mol. The summed E-state index contributed by atoms with van der Waals surface area (Å²) < 4.78 is 0. The molecule has 2 heterocycles. The Balaban J connectivity index is 2.53. The van der Waals surface area contributed by atoms with Gasteiger partial charge in [-0.15, -0.1) is 0 Å². The van der Waals surface area contributed by atoms with E-state index in [1.165, 1.54) is 6.92 Å². The molecule has 0 aromatic carbocycles. The van der Waals surface area contributed by atoms with Crippen LogP contribution in [0.25, 0.3) is 0 Å². The van der Waals surface area contributed by atoms with Crippen molar-refractivity contribution in [3.63, 3.8) is 0 Å². The Morgan fingerprint density at radius 2 is 2.18 bits per heavy atom. The lowest BCUT2D eigenvalue weighted by atomic mass is 10.1. The van der Waals surface area contributed by atoms with E-state index in [1.54, 1.807) is 6.07 Å². The fourth-order valence-corrected chi connectivity index (χ4v) is 2.07. The van der Waals surface area contributed by atoms with Gasteiger partial charge in [-0.25, -0.2) is 4.98 Å². The van der Waals surface area contributed by atoms with Crippen LogP contribution in [0.1, 0.15) is 35.9 Å². The van der Waals surface area contributed by atoms with Crippen molar-refractivity contribution in [2.75, 3.05) is 23.7 Å². The third kappa shape index (κ3) is 2.07. The number of pyridine rings is 1. The van der Waals surface area contributed by atoms with Crippen LogP contribution in [-0.2, 0) is 0 Å². The molecule has 5 nitrogen and oxygen atoms in total. The molecule has 2 rings (SSSR count). The van der Waals surface area contributed by atoms with Gasteiger partial charge in [0.25, 0.3) is 0 Å². The number of carbonyl (C=O) groups excluding carboxylic acids is 1. The van der Waals surface area contributed by atoms with Crippen molar-refractivity contribution in [1.29, 1.82) is 5.26 Å². The normalized spacial score (nSPS) is 14.7. The molecule has 1 aliphatic heterocycles. The van der Waals surface area contributed by atoms with Gasteiger partial charge in [0.15, 0.2) is 11.5 Å². The molecule has 1 aromatic heterocycles. The van der Waals surface area contributed by atoms with Crippen LogP contribution in [-0.4, -0.2) is 23.9 Å². The first-order valence-electron chi connectivity index (χ1n) is 5.60. The average molecular weight is 230 g/mol. The molecule has 5 heteroatoms. The van der Waals surface area contributed by atoms with Crippen LogP contribution >= 0.6 is 0 Å². The summed E-state index contributed by atoms with van der Waals surface area (Å²) in [5.74, 6) is -0.136. The van der Waals surface area contributed by atoms with Gasteiger partial charge in [-0.3, -0.25) is 4.79 Å². The zero-order valence-corrected chi connectivity index (χ0v) is 9.73. The van der Waals surface area contributed by atoms with Gasteiger partial charge in [0.2, 0.25) is 0 Å². The quantitative estimate of drug-likeness (QED) is 0.775. The third-order valence-electron chi connectivity index (χ3n) is 2.92. The van der Waals surface area contributed by atoms with Gasteiger partial charge in [-0.05, 0) is 18.9 Å². The minimum atomic E-state index is -0.136. The summed E-state index contributed by atoms with van der Waals surface area (Å²) in [5.41, 5.74) is 7.30. The Bertz CT molecular complexity index is 498. The zero-order valence-electron chi connectivity index (χ0n) is 9.73. The average Bonchev–Trinajstić information content (AvgIpc) is 2.81. The van der Waals surface area contributed by atoms with Gasteiger partial charge in [-0.1, -0.05) is 0 Å². The summed E-state index contributed by atoms with van der Waals surface area (Å²) >= 11 is 0. The van der Waals surface area contributed by atoms with Crippen LogP contribution in [0.4, 0.5) is 11.4 Å². The maximum atomic E-state index is 11.6. The monoisotopic (exact) mass is 230 g/mol. The lowest BCUT2D eigenvalue weighted by Crippen LogP contribution is -2.21. The summed E-state index contributed by atoms with van der Waals surface area (Å²) in [4.78, 5) is 17.7. The zero-order chi connectivity index (χ0) is 12.4. The number of anilines is 2. The lowest BCUT2D eigenvalue weighted by molar-refractivity contribution is 0.101. The van der Waals surface area contributed by atoms with E-state index in [-0.39, 0.29) is 11.5 Å². The number of nitriles is 1. The molecule has 2 N–H and O–H groups in total. The highest BCUT2D eigenvalue weighted by atomic mass is 16.1. The minimum Gasteiger partial charge on any atom is -0.396 e. The second kappa shape index (κ2) is 4.42. The molecule has 0 atom stereocenters. The van der Waals surface area contributed by atoms with Crippen molar-refractivity contribution in [1.82, 2.24) is 4.98 Å². The maximum Gasteiger partial charge on any atom is 0.180 e. The van der Waals surface area contributed by atoms with Crippen LogP contribution in [0.15, 0.2) is 6.07 Å². The highest BCUT2D eigenvalue weighted by Crippen LogP contribution is 2.27. The molecule has 1 aromatic rings. The predicted octanol–water partition coefficient (Wildman–Crippen LogP) is 1.34. The van der Waals surface area contributed by atoms with Crippen LogP contribution in [0.5, 0.6) is 0 Å². The van der Waals surface area contributed by atoms with Gasteiger partial charge < -0.3 is 10.6 Å². The van der Waals surface area contributed by atoms with Gasteiger partial charge in [0.1, 0.15) is 11.8 Å². The number of hydrogen-bond donors (Lipinski definition) is 1. The van der Waals surface area contributed by atoms with E-state index in [2.05, 4.69) is 9.88 Å². The van der Waals surface area contributed by atoms with E-state index < -0.39 is 0 Å². The van der Waals surface area contributed by atoms with Gasteiger partial charge in [0.05, 0.1) is 11.4 Å². The van der Waals surface area contributed by atoms with E-state index in [4.69, 9.17) is 11.0 Å². The number of carbonyl (C=O) groups is 1. The summed E-state index contributed by atoms with van der Waals surface area (Å²) in [7, 11) is 0. The number of Topliss-reactive ketones (excluding diaryl/α,β-unsaturated/α-hetero) is 1. The Kier molecular flexibility index (Phi) is 2.96. The van der Waals surface area contributed by atoms with E-state index in [0.29, 0.717) is 11.4 Å². The van der Waals surface area contributed by atoms with E-state index in [9.17, 15) is 4.79 Å². The van der Waals surface area contributed by atoms with E-state index in [1.807, 2.05) is 6.07 Å². The molecule has 0 spiro atoms. The third-order valence-corrected chi connectivity index (χ3v) is 2.92. The molecular formula is C12H14N4O. The summed E-state index contributed by atoms with van der Waals surface area (Å²) in [6, 6.07) is 3.59. The molecule has 0 amide bonds. The van der Waals surface area contributed by atoms with Gasteiger partial charge in [0, 0.05) is 20.0 Å². The number of rotatable bonds is 2. The van der Waals surface area contributed by atoms with Crippen molar-refractivity contribution in [3.8, 4) is 6.07 Å². The Labute approximate surface area is 99.9 Å². The first-order valence-corrected chi connectivity index (χ1v) is 5.60. The molecule has 0 bridgehead atoms. The number of nitrogens with zero attached hydrogens (tertiary/aromatic N) is 3. The van der Waals surface area contributed by atoms with Crippen LogP contribution in [0.3, 0.4) is 0 Å². The molecule has 17 heavy (non-hydrogen) atoms. The molecule has 1 saturated heterocycles. The molecule has 1 aliphatic rings. The number of hydrogen-bond acceptors (Lipinski definition) is 5. The standard InChI is InChI=1S/C12H14N4O/c1-8(17)12-11(16-4-2-3-5-16)6-9(14)10(7-13)15-12/h6H,2-5,14H2,1H3. The lowest BCUT2D eigenvalue weighted by Gasteiger charge is -2.20. The van der Waals surface area contributed by atoms with Crippen LogP contribution < -0.4 is 10.6 Å². The number of aromatic nitrogens is 1. The number of ketones is 1. The molecule has 0 radical (unpaired) electrons. The van der Waals surface area contributed by atoms with E-state index in [0.717, 1.165) is 31.6 Å². The molecule has 1 fully saturated rings. The SMILES string of the molecule is CC(=O)c1nc(C#N)c(N)cc1N1CCCC1. The second-order valence-electron chi connectivity index (χ2n) is 4.16. The summed E-state index contributed by atoms with van der Waals surface area (Å²) in [5, 5.41) is 8.86. The topological polar surface area (TPSA) is 83.0 Å². The maximum absolute atomic E-state index is 11.6. The van der Waals surface area contributed by atoms with Gasteiger partial charge in [-0.2, -0.15) is 5.26 Å². The largest absolute Gasteiger partial charge is 0.396 e. The Morgan fingerprint density at radius 1 is 1.53 bits per heavy atom. The fourth-order valence-electron chi connectivity index (χ4n) is 2.07. The van der Waals surface area contributed by atoms with E-state index >= 15 is 0 Å².